The van der Waals surface area contributed by atoms with Crippen LogP contribution in [-0.4, -0.2) is 24.9 Å². The summed E-state index contributed by atoms with van der Waals surface area (Å²) in [4.78, 5) is 12.0. The van der Waals surface area contributed by atoms with Crippen LogP contribution >= 0.6 is 11.8 Å². The third-order valence-electron chi connectivity index (χ3n) is 3.24. The van der Waals surface area contributed by atoms with Gasteiger partial charge in [0, 0.05) is 17.5 Å². The SMILES string of the molecule is O=C(CSCc1ccc(F)cc1)Nc1ccc2c(c1)OCCO2. The van der Waals surface area contributed by atoms with E-state index in [0.717, 1.165) is 5.56 Å². The van der Waals surface area contributed by atoms with E-state index in [0.29, 0.717) is 41.9 Å². The molecule has 120 valence electrons. The summed E-state index contributed by atoms with van der Waals surface area (Å²) < 4.78 is 23.7. The Bertz CT molecular complexity index is 691. The normalized spacial score (nSPS) is 12.7. The molecular formula is C17H16FNO3S. The monoisotopic (exact) mass is 333 g/mol. The lowest BCUT2D eigenvalue weighted by atomic mass is 10.2. The minimum absolute atomic E-state index is 0.0891. The molecular weight excluding hydrogens is 317 g/mol. The van der Waals surface area contributed by atoms with Gasteiger partial charge in [-0.3, -0.25) is 4.79 Å². The van der Waals surface area contributed by atoms with Gasteiger partial charge in [0.2, 0.25) is 5.91 Å². The van der Waals surface area contributed by atoms with Gasteiger partial charge in [-0.15, -0.1) is 11.8 Å². The Morgan fingerprint density at radius 1 is 1.09 bits per heavy atom. The smallest absolute Gasteiger partial charge is 0.234 e. The second kappa shape index (κ2) is 7.37. The maximum Gasteiger partial charge on any atom is 0.234 e. The number of nitrogens with one attached hydrogen (secondary N) is 1. The summed E-state index contributed by atoms with van der Waals surface area (Å²) in [6.07, 6.45) is 0. The van der Waals surface area contributed by atoms with E-state index in [1.807, 2.05) is 0 Å². The van der Waals surface area contributed by atoms with E-state index in [-0.39, 0.29) is 11.7 Å². The molecule has 0 fully saturated rings. The quantitative estimate of drug-likeness (QED) is 0.910. The van der Waals surface area contributed by atoms with E-state index in [1.54, 1.807) is 30.3 Å². The van der Waals surface area contributed by atoms with Crippen LogP contribution in [0.2, 0.25) is 0 Å². The molecule has 0 saturated carbocycles. The number of amides is 1. The van der Waals surface area contributed by atoms with Crippen LogP contribution < -0.4 is 14.8 Å². The van der Waals surface area contributed by atoms with Crippen LogP contribution in [0.5, 0.6) is 11.5 Å². The Balaban J connectivity index is 1.48. The molecule has 0 aliphatic carbocycles. The highest BCUT2D eigenvalue weighted by atomic mass is 32.2. The van der Waals surface area contributed by atoms with Gasteiger partial charge in [-0.1, -0.05) is 12.1 Å². The number of carbonyl (C=O) groups is 1. The highest BCUT2D eigenvalue weighted by molar-refractivity contribution is 7.99. The van der Waals surface area contributed by atoms with Gasteiger partial charge in [0.25, 0.3) is 0 Å². The highest BCUT2D eigenvalue weighted by Crippen LogP contribution is 2.32. The molecule has 0 radical (unpaired) electrons. The van der Waals surface area contributed by atoms with Crippen molar-refractivity contribution in [2.75, 3.05) is 24.3 Å². The van der Waals surface area contributed by atoms with E-state index >= 15 is 0 Å². The van der Waals surface area contributed by atoms with Gasteiger partial charge in [-0.25, -0.2) is 4.39 Å². The zero-order chi connectivity index (χ0) is 16.1. The molecule has 4 nitrogen and oxygen atoms in total. The number of carbonyl (C=O) groups excluding carboxylic acids is 1. The first-order valence-corrected chi connectivity index (χ1v) is 8.38. The number of rotatable bonds is 5. The first kappa shape index (κ1) is 15.7. The molecule has 2 aromatic carbocycles. The van der Waals surface area contributed by atoms with Crippen molar-refractivity contribution in [1.82, 2.24) is 0 Å². The van der Waals surface area contributed by atoms with Crippen molar-refractivity contribution in [1.29, 1.82) is 0 Å². The number of hydrogen-bond acceptors (Lipinski definition) is 4. The van der Waals surface area contributed by atoms with Crippen molar-refractivity contribution >= 4 is 23.4 Å². The van der Waals surface area contributed by atoms with E-state index < -0.39 is 0 Å². The zero-order valence-electron chi connectivity index (χ0n) is 12.4. The lowest BCUT2D eigenvalue weighted by Gasteiger charge is -2.19. The van der Waals surface area contributed by atoms with Crippen LogP contribution in [0.15, 0.2) is 42.5 Å². The standard InChI is InChI=1S/C17H16FNO3S/c18-13-3-1-12(2-4-13)10-23-11-17(20)19-14-5-6-15-16(9-14)22-8-7-21-15/h1-6,9H,7-8,10-11H2,(H,19,20). The molecule has 23 heavy (non-hydrogen) atoms. The first-order chi connectivity index (χ1) is 11.2. The molecule has 0 bridgehead atoms. The molecule has 0 aromatic heterocycles. The first-order valence-electron chi connectivity index (χ1n) is 7.22. The van der Waals surface area contributed by atoms with Gasteiger partial charge in [-0.05, 0) is 29.8 Å². The number of halogens is 1. The van der Waals surface area contributed by atoms with Gasteiger partial charge < -0.3 is 14.8 Å². The van der Waals surface area contributed by atoms with Crippen LogP contribution in [0, 0.1) is 5.82 Å². The van der Waals surface area contributed by atoms with Gasteiger partial charge in [-0.2, -0.15) is 0 Å². The Hall–Kier alpha value is -2.21. The predicted octanol–water partition coefficient (Wildman–Crippen LogP) is 3.47. The Kier molecular flexibility index (Phi) is 5.02. The molecule has 0 saturated heterocycles. The molecule has 0 unspecified atom stereocenters. The van der Waals surface area contributed by atoms with E-state index in [9.17, 15) is 9.18 Å². The van der Waals surface area contributed by atoms with Gasteiger partial charge in [0.15, 0.2) is 11.5 Å². The van der Waals surface area contributed by atoms with Gasteiger partial charge in [0.05, 0.1) is 5.75 Å². The van der Waals surface area contributed by atoms with Crippen molar-refractivity contribution < 1.29 is 18.7 Å². The highest BCUT2D eigenvalue weighted by Gasteiger charge is 2.12. The third kappa shape index (κ3) is 4.39. The van der Waals surface area contributed by atoms with Gasteiger partial charge in [0.1, 0.15) is 19.0 Å². The summed E-state index contributed by atoms with van der Waals surface area (Å²) in [5, 5.41) is 2.83. The van der Waals surface area contributed by atoms with Crippen molar-refractivity contribution in [3.8, 4) is 11.5 Å². The second-order valence-electron chi connectivity index (χ2n) is 5.03. The molecule has 2 aromatic rings. The van der Waals surface area contributed by atoms with Gasteiger partial charge >= 0.3 is 0 Å². The third-order valence-corrected chi connectivity index (χ3v) is 4.24. The van der Waals surface area contributed by atoms with Crippen molar-refractivity contribution in [3.05, 3.63) is 53.8 Å². The largest absolute Gasteiger partial charge is 0.486 e. The van der Waals surface area contributed by atoms with Crippen LogP contribution in [-0.2, 0) is 10.5 Å². The fourth-order valence-electron chi connectivity index (χ4n) is 2.16. The maximum absolute atomic E-state index is 12.8. The van der Waals surface area contributed by atoms with Crippen LogP contribution in [0.4, 0.5) is 10.1 Å². The Morgan fingerprint density at radius 2 is 1.83 bits per heavy atom. The van der Waals surface area contributed by atoms with Crippen LogP contribution in [0.1, 0.15) is 5.56 Å². The summed E-state index contributed by atoms with van der Waals surface area (Å²) in [6, 6.07) is 11.6. The predicted molar refractivity (Wildman–Crippen MR) is 88.6 cm³/mol. The molecule has 0 atom stereocenters. The second-order valence-corrected chi connectivity index (χ2v) is 6.01. The number of anilines is 1. The minimum Gasteiger partial charge on any atom is -0.486 e. The average molecular weight is 333 g/mol. The number of fused-ring (bicyclic) bond motifs is 1. The van der Waals surface area contributed by atoms with E-state index in [1.165, 1.54) is 23.9 Å². The molecule has 6 heteroatoms. The zero-order valence-corrected chi connectivity index (χ0v) is 13.2. The van der Waals surface area contributed by atoms with E-state index in [4.69, 9.17) is 9.47 Å². The maximum atomic E-state index is 12.8. The summed E-state index contributed by atoms with van der Waals surface area (Å²) in [5.41, 5.74) is 1.67. The number of thioether (sulfide) groups is 1. The number of ether oxygens (including phenoxy) is 2. The molecule has 1 heterocycles. The molecule has 1 amide bonds. The molecule has 0 spiro atoms. The average Bonchev–Trinajstić information content (AvgIpc) is 2.56. The fourth-order valence-corrected chi connectivity index (χ4v) is 2.95. The topological polar surface area (TPSA) is 47.6 Å². The summed E-state index contributed by atoms with van der Waals surface area (Å²) in [5.74, 6) is 1.98. The Labute approximate surface area is 138 Å². The minimum atomic E-state index is -0.255. The molecule has 1 N–H and O–H groups in total. The summed E-state index contributed by atoms with van der Waals surface area (Å²) in [6.45, 7) is 1.05. The summed E-state index contributed by atoms with van der Waals surface area (Å²) >= 11 is 1.48. The van der Waals surface area contributed by atoms with Crippen molar-refractivity contribution in [2.24, 2.45) is 0 Å². The Morgan fingerprint density at radius 3 is 2.61 bits per heavy atom. The van der Waals surface area contributed by atoms with Crippen LogP contribution in [0.25, 0.3) is 0 Å². The molecule has 1 aliphatic rings. The lowest BCUT2D eigenvalue weighted by molar-refractivity contribution is -0.113. The number of benzene rings is 2. The fraction of sp³-hybridized carbons (Fsp3) is 0.235. The van der Waals surface area contributed by atoms with Crippen LogP contribution in [0.3, 0.4) is 0 Å². The summed E-state index contributed by atoms with van der Waals surface area (Å²) in [7, 11) is 0. The number of hydrogen-bond donors (Lipinski definition) is 1. The lowest BCUT2D eigenvalue weighted by Crippen LogP contribution is -2.17. The molecule has 1 aliphatic heterocycles. The molecule has 3 rings (SSSR count). The van der Waals surface area contributed by atoms with Crippen molar-refractivity contribution in [3.63, 3.8) is 0 Å². The van der Waals surface area contributed by atoms with E-state index in [2.05, 4.69) is 5.32 Å². The van der Waals surface area contributed by atoms with Crippen molar-refractivity contribution in [2.45, 2.75) is 5.75 Å².